The molecule has 0 fully saturated rings. The molecule has 1 aromatic heterocycles. The number of pyridine rings is 1. The summed E-state index contributed by atoms with van der Waals surface area (Å²) in [6.07, 6.45) is 1.65. The van der Waals surface area contributed by atoms with Crippen molar-refractivity contribution in [3.05, 3.63) is 52.5 Å². The van der Waals surface area contributed by atoms with Gasteiger partial charge in [0.25, 0.3) is 0 Å². The molecule has 0 bridgehead atoms. The number of fused-ring (bicyclic) bond motifs is 1. The minimum Gasteiger partial charge on any atom is -0.396 e. The molecule has 80 valence electrons. The van der Waals surface area contributed by atoms with Gasteiger partial charge in [-0.1, -0.05) is 23.3 Å². The van der Waals surface area contributed by atoms with Crippen LogP contribution in [0.4, 0.5) is 0 Å². The van der Waals surface area contributed by atoms with E-state index in [1.165, 1.54) is 0 Å². The Hall–Kier alpha value is -2.10. The Labute approximate surface area is 92.0 Å². The monoisotopic (exact) mass is 214 g/mol. The zero-order valence-corrected chi connectivity index (χ0v) is 8.48. The van der Waals surface area contributed by atoms with Crippen LogP contribution in [-0.2, 0) is 0 Å². The van der Waals surface area contributed by atoms with Gasteiger partial charge in [0.1, 0.15) is 0 Å². The van der Waals surface area contributed by atoms with E-state index in [0.717, 1.165) is 16.5 Å². The Morgan fingerprint density at radius 1 is 1.38 bits per heavy atom. The molecule has 0 saturated carbocycles. The molecule has 1 aromatic carbocycles. The van der Waals surface area contributed by atoms with E-state index in [1.54, 1.807) is 12.3 Å². The molecule has 16 heavy (non-hydrogen) atoms. The second kappa shape index (κ2) is 4.61. The molecule has 5 nitrogen and oxygen atoms in total. The van der Waals surface area contributed by atoms with Gasteiger partial charge in [-0.15, -0.1) is 0 Å². The van der Waals surface area contributed by atoms with Crippen molar-refractivity contribution in [2.24, 2.45) is 5.11 Å². The third-order valence-electron chi connectivity index (χ3n) is 2.41. The first-order valence-corrected chi connectivity index (χ1v) is 4.85. The number of rotatable bonds is 3. The van der Waals surface area contributed by atoms with E-state index in [0.29, 0.717) is 0 Å². The number of hydrogen-bond donors (Lipinski definition) is 1. The molecule has 0 aliphatic carbocycles. The largest absolute Gasteiger partial charge is 0.396 e. The highest BCUT2D eigenvalue weighted by atomic mass is 16.3. The predicted molar refractivity (Wildman–Crippen MR) is 60.7 cm³/mol. The third kappa shape index (κ3) is 1.82. The second-order valence-electron chi connectivity index (χ2n) is 3.32. The summed E-state index contributed by atoms with van der Waals surface area (Å²) >= 11 is 0. The van der Waals surface area contributed by atoms with Gasteiger partial charge in [-0.25, -0.2) is 0 Å². The first-order chi connectivity index (χ1) is 7.86. The lowest BCUT2D eigenvalue weighted by Gasteiger charge is -2.10. The standard InChI is InChI=1S/C11H10N4O/c12-15-14-11(7-16)9-5-6-13-10-4-2-1-3-8(9)10/h1-6,11,16H,7H2. The molecule has 0 aliphatic rings. The number of azide groups is 1. The van der Waals surface area contributed by atoms with E-state index in [2.05, 4.69) is 15.0 Å². The van der Waals surface area contributed by atoms with Crippen LogP contribution in [0.15, 0.2) is 41.6 Å². The fourth-order valence-electron chi connectivity index (χ4n) is 1.67. The van der Waals surface area contributed by atoms with Crippen LogP contribution < -0.4 is 0 Å². The molecular formula is C11H10N4O. The molecule has 1 unspecified atom stereocenters. The van der Waals surface area contributed by atoms with E-state index in [-0.39, 0.29) is 6.61 Å². The van der Waals surface area contributed by atoms with Crippen molar-refractivity contribution in [3.63, 3.8) is 0 Å². The minimum absolute atomic E-state index is 0.210. The molecule has 0 radical (unpaired) electrons. The highest BCUT2D eigenvalue weighted by molar-refractivity contribution is 5.82. The molecule has 2 aromatic rings. The highest BCUT2D eigenvalue weighted by Crippen LogP contribution is 2.24. The lowest BCUT2D eigenvalue weighted by molar-refractivity contribution is 0.268. The van der Waals surface area contributed by atoms with Crippen molar-refractivity contribution in [1.82, 2.24) is 4.98 Å². The molecule has 1 N–H and O–H groups in total. The molecule has 0 spiro atoms. The van der Waals surface area contributed by atoms with Crippen molar-refractivity contribution in [2.45, 2.75) is 6.04 Å². The topological polar surface area (TPSA) is 81.9 Å². The Bertz CT molecular complexity index is 543. The van der Waals surface area contributed by atoms with Crippen molar-refractivity contribution < 1.29 is 5.11 Å². The summed E-state index contributed by atoms with van der Waals surface area (Å²) < 4.78 is 0. The Morgan fingerprint density at radius 3 is 2.94 bits per heavy atom. The summed E-state index contributed by atoms with van der Waals surface area (Å²) in [5.74, 6) is 0. The van der Waals surface area contributed by atoms with E-state index >= 15 is 0 Å². The van der Waals surface area contributed by atoms with Crippen LogP contribution in [0.5, 0.6) is 0 Å². The van der Waals surface area contributed by atoms with Gasteiger partial charge in [-0.3, -0.25) is 4.98 Å². The van der Waals surface area contributed by atoms with Crippen LogP contribution in [0.3, 0.4) is 0 Å². The lowest BCUT2D eigenvalue weighted by atomic mass is 10.0. The van der Waals surface area contributed by atoms with Crippen LogP contribution in [0.2, 0.25) is 0 Å². The van der Waals surface area contributed by atoms with Gasteiger partial charge in [-0.05, 0) is 23.2 Å². The van der Waals surface area contributed by atoms with Crippen molar-refractivity contribution in [2.75, 3.05) is 6.61 Å². The Morgan fingerprint density at radius 2 is 2.19 bits per heavy atom. The maximum Gasteiger partial charge on any atom is 0.0863 e. The number of aliphatic hydroxyl groups is 1. The van der Waals surface area contributed by atoms with Crippen molar-refractivity contribution in [3.8, 4) is 0 Å². The fourth-order valence-corrected chi connectivity index (χ4v) is 1.67. The Kier molecular flexibility index (Phi) is 3.00. The molecule has 1 atom stereocenters. The first kappa shape index (κ1) is 10.4. The smallest absolute Gasteiger partial charge is 0.0863 e. The molecule has 5 heteroatoms. The number of benzene rings is 1. The maximum absolute atomic E-state index is 9.18. The number of aliphatic hydroxyl groups excluding tert-OH is 1. The Balaban J connectivity index is 2.63. The number of nitrogens with zero attached hydrogens (tertiary/aromatic N) is 4. The van der Waals surface area contributed by atoms with Crippen LogP contribution in [0.1, 0.15) is 11.6 Å². The van der Waals surface area contributed by atoms with E-state index < -0.39 is 6.04 Å². The number of para-hydroxylation sites is 1. The molecular weight excluding hydrogens is 204 g/mol. The minimum atomic E-state index is -0.558. The summed E-state index contributed by atoms with van der Waals surface area (Å²) in [6.45, 7) is -0.210. The van der Waals surface area contributed by atoms with Crippen molar-refractivity contribution >= 4 is 10.9 Å². The highest BCUT2D eigenvalue weighted by Gasteiger charge is 2.11. The van der Waals surface area contributed by atoms with Crippen LogP contribution in [-0.4, -0.2) is 16.7 Å². The molecule has 0 amide bonds. The molecule has 1 heterocycles. The van der Waals surface area contributed by atoms with E-state index in [4.69, 9.17) is 5.53 Å². The van der Waals surface area contributed by atoms with Crippen LogP contribution in [0.25, 0.3) is 21.3 Å². The van der Waals surface area contributed by atoms with Gasteiger partial charge in [-0.2, -0.15) is 0 Å². The van der Waals surface area contributed by atoms with Crippen LogP contribution >= 0.6 is 0 Å². The van der Waals surface area contributed by atoms with E-state index in [1.807, 2.05) is 24.3 Å². The fraction of sp³-hybridized carbons (Fsp3) is 0.182. The maximum atomic E-state index is 9.18. The van der Waals surface area contributed by atoms with Crippen molar-refractivity contribution in [1.29, 1.82) is 0 Å². The normalized spacial score (nSPS) is 12.1. The van der Waals surface area contributed by atoms with E-state index in [9.17, 15) is 5.11 Å². The summed E-state index contributed by atoms with van der Waals surface area (Å²) in [6, 6.07) is 8.76. The molecule has 0 saturated heterocycles. The van der Waals surface area contributed by atoms with Gasteiger partial charge in [0, 0.05) is 16.5 Å². The number of aromatic nitrogens is 1. The zero-order valence-electron chi connectivity index (χ0n) is 8.48. The summed E-state index contributed by atoms with van der Waals surface area (Å²) in [7, 11) is 0. The van der Waals surface area contributed by atoms with Gasteiger partial charge in [0.15, 0.2) is 0 Å². The predicted octanol–water partition coefficient (Wildman–Crippen LogP) is 2.58. The SMILES string of the molecule is [N-]=[N+]=NC(CO)c1ccnc2ccccc12. The van der Waals surface area contributed by atoms with Crippen LogP contribution in [0, 0.1) is 0 Å². The summed E-state index contributed by atoms with van der Waals surface area (Å²) in [4.78, 5) is 6.94. The quantitative estimate of drug-likeness (QED) is 0.484. The van der Waals surface area contributed by atoms with Gasteiger partial charge >= 0.3 is 0 Å². The summed E-state index contributed by atoms with van der Waals surface area (Å²) in [5, 5.41) is 13.7. The van der Waals surface area contributed by atoms with Gasteiger partial charge < -0.3 is 5.11 Å². The third-order valence-corrected chi connectivity index (χ3v) is 2.41. The number of hydrogen-bond acceptors (Lipinski definition) is 3. The average molecular weight is 214 g/mol. The molecule has 0 aliphatic heterocycles. The van der Waals surface area contributed by atoms with Gasteiger partial charge in [0.05, 0.1) is 18.2 Å². The zero-order chi connectivity index (χ0) is 11.4. The molecule has 2 rings (SSSR count). The van der Waals surface area contributed by atoms with Gasteiger partial charge in [0.2, 0.25) is 0 Å². The average Bonchev–Trinajstić information content (AvgIpc) is 2.35. The first-order valence-electron chi connectivity index (χ1n) is 4.85. The summed E-state index contributed by atoms with van der Waals surface area (Å²) in [5.41, 5.74) is 10.1. The second-order valence-corrected chi connectivity index (χ2v) is 3.32. The lowest BCUT2D eigenvalue weighted by Crippen LogP contribution is -2.01.